The minimum atomic E-state index is -0.977. The average molecular weight is 286 g/mol. The molecule has 118 valence electrons. The lowest BCUT2D eigenvalue weighted by molar-refractivity contribution is -0.140. The standard InChI is InChI=1S/C15H30N2O3/c1-5-8-10-12(9-6-2)16-15(20)17-13(14(18)19)11(4)7-3/h11-13H,5-10H2,1-4H3,(H,18,19)(H2,16,17,20)/t11-,12?,13-/m0/s1. The second-order valence-electron chi connectivity index (χ2n) is 5.45. The first kappa shape index (κ1) is 18.7. The van der Waals surface area contributed by atoms with Crippen molar-refractivity contribution in [1.29, 1.82) is 0 Å². The summed E-state index contributed by atoms with van der Waals surface area (Å²) in [6.45, 7) is 7.95. The van der Waals surface area contributed by atoms with Crippen molar-refractivity contribution in [2.24, 2.45) is 5.92 Å². The summed E-state index contributed by atoms with van der Waals surface area (Å²) in [4.78, 5) is 23.1. The Morgan fingerprint density at radius 2 is 1.70 bits per heavy atom. The predicted octanol–water partition coefficient (Wildman–Crippen LogP) is 3.14. The van der Waals surface area contributed by atoms with Crippen molar-refractivity contribution >= 4 is 12.0 Å². The summed E-state index contributed by atoms with van der Waals surface area (Å²) in [5, 5.41) is 14.6. The number of nitrogens with one attached hydrogen (secondary N) is 2. The van der Waals surface area contributed by atoms with Crippen LogP contribution in [0.2, 0.25) is 0 Å². The van der Waals surface area contributed by atoms with Gasteiger partial charge < -0.3 is 15.7 Å². The number of carbonyl (C=O) groups excluding carboxylic acids is 1. The van der Waals surface area contributed by atoms with Crippen molar-refractivity contribution in [3.05, 3.63) is 0 Å². The van der Waals surface area contributed by atoms with Crippen LogP contribution in [-0.2, 0) is 4.79 Å². The van der Waals surface area contributed by atoms with Crippen LogP contribution in [0.1, 0.15) is 66.2 Å². The molecule has 0 saturated carbocycles. The molecular weight excluding hydrogens is 256 g/mol. The Kier molecular flexibility index (Phi) is 9.86. The maximum atomic E-state index is 11.9. The first-order chi connectivity index (χ1) is 9.46. The van der Waals surface area contributed by atoms with E-state index in [1.807, 2.05) is 13.8 Å². The third kappa shape index (κ3) is 7.36. The van der Waals surface area contributed by atoms with Gasteiger partial charge in [0.2, 0.25) is 0 Å². The fourth-order valence-corrected chi connectivity index (χ4v) is 2.14. The number of hydrogen-bond donors (Lipinski definition) is 3. The number of aliphatic carboxylic acids is 1. The van der Waals surface area contributed by atoms with Crippen LogP contribution in [0.5, 0.6) is 0 Å². The molecule has 3 N–H and O–H groups in total. The Morgan fingerprint density at radius 1 is 1.05 bits per heavy atom. The van der Waals surface area contributed by atoms with Crippen molar-refractivity contribution < 1.29 is 14.7 Å². The van der Waals surface area contributed by atoms with Crippen LogP contribution in [0.15, 0.2) is 0 Å². The van der Waals surface area contributed by atoms with Gasteiger partial charge in [-0.15, -0.1) is 0 Å². The van der Waals surface area contributed by atoms with Gasteiger partial charge >= 0.3 is 12.0 Å². The van der Waals surface area contributed by atoms with E-state index in [0.717, 1.165) is 32.1 Å². The van der Waals surface area contributed by atoms with Gasteiger partial charge in [-0.2, -0.15) is 0 Å². The van der Waals surface area contributed by atoms with Gasteiger partial charge in [0.25, 0.3) is 0 Å². The first-order valence-electron chi connectivity index (χ1n) is 7.75. The van der Waals surface area contributed by atoms with Gasteiger partial charge in [-0.25, -0.2) is 9.59 Å². The van der Waals surface area contributed by atoms with E-state index in [0.29, 0.717) is 6.42 Å². The third-order valence-corrected chi connectivity index (χ3v) is 3.64. The molecule has 0 aromatic heterocycles. The lowest BCUT2D eigenvalue weighted by Gasteiger charge is -2.23. The maximum Gasteiger partial charge on any atom is 0.326 e. The number of carbonyl (C=O) groups is 2. The molecule has 0 fully saturated rings. The highest BCUT2D eigenvalue weighted by molar-refractivity contribution is 5.82. The van der Waals surface area contributed by atoms with E-state index < -0.39 is 12.0 Å². The number of carboxylic acids is 1. The molecule has 0 aromatic rings. The molecule has 20 heavy (non-hydrogen) atoms. The minimum Gasteiger partial charge on any atom is -0.480 e. The van der Waals surface area contributed by atoms with E-state index in [9.17, 15) is 9.59 Å². The monoisotopic (exact) mass is 286 g/mol. The molecule has 0 saturated heterocycles. The van der Waals surface area contributed by atoms with Crippen molar-refractivity contribution in [1.82, 2.24) is 10.6 Å². The molecule has 0 aromatic carbocycles. The number of amides is 2. The smallest absolute Gasteiger partial charge is 0.326 e. The molecule has 3 atom stereocenters. The Bertz CT molecular complexity index is 295. The van der Waals surface area contributed by atoms with E-state index in [1.54, 1.807) is 0 Å². The molecule has 0 radical (unpaired) electrons. The Balaban J connectivity index is 4.43. The molecular formula is C15H30N2O3. The molecule has 5 heteroatoms. The fraction of sp³-hybridized carbons (Fsp3) is 0.867. The van der Waals surface area contributed by atoms with Gasteiger partial charge in [0.05, 0.1) is 0 Å². The largest absolute Gasteiger partial charge is 0.480 e. The molecule has 5 nitrogen and oxygen atoms in total. The lowest BCUT2D eigenvalue weighted by Crippen LogP contribution is -2.51. The van der Waals surface area contributed by atoms with Crippen LogP contribution >= 0.6 is 0 Å². The highest BCUT2D eigenvalue weighted by Gasteiger charge is 2.25. The summed E-state index contributed by atoms with van der Waals surface area (Å²) in [7, 11) is 0. The second kappa shape index (κ2) is 10.5. The van der Waals surface area contributed by atoms with Crippen molar-refractivity contribution in [3.8, 4) is 0 Å². The van der Waals surface area contributed by atoms with E-state index in [2.05, 4.69) is 24.5 Å². The summed E-state index contributed by atoms with van der Waals surface area (Å²) in [6, 6.07) is -1.06. The summed E-state index contributed by atoms with van der Waals surface area (Å²) < 4.78 is 0. The van der Waals surface area contributed by atoms with Crippen LogP contribution in [0.25, 0.3) is 0 Å². The van der Waals surface area contributed by atoms with Crippen molar-refractivity contribution in [2.75, 3.05) is 0 Å². The van der Waals surface area contributed by atoms with Gasteiger partial charge in [0.15, 0.2) is 0 Å². The molecule has 0 heterocycles. The van der Waals surface area contributed by atoms with Gasteiger partial charge in [-0.05, 0) is 18.8 Å². The lowest BCUT2D eigenvalue weighted by atomic mass is 9.99. The average Bonchev–Trinajstić information content (AvgIpc) is 2.41. The topological polar surface area (TPSA) is 78.4 Å². The summed E-state index contributed by atoms with van der Waals surface area (Å²) in [5.41, 5.74) is 0. The number of urea groups is 1. The van der Waals surface area contributed by atoms with Crippen molar-refractivity contribution in [3.63, 3.8) is 0 Å². The number of hydrogen-bond acceptors (Lipinski definition) is 2. The van der Waals surface area contributed by atoms with Gasteiger partial charge in [0, 0.05) is 6.04 Å². The Labute approximate surface area is 122 Å². The molecule has 0 rings (SSSR count). The van der Waals surface area contributed by atoms with Crippen LogP contribution in [-0.4, -0.2) is 29.2 Å². The molecule has 0 bridgehead atoms. The zero-order chi connectivity index (χ0) is 15.5. The molecule has 2 amide bonds. The molecule has 1 unspecified atom stereocenters. The Hall–Kier alpha value is -1.26. The maximum absolute atomic E-state index is 11.9. The first-order valence-corrected chi connectivity index (χ1v) is 7.75. The molecule has 0 aliphatic heterocycles. The molecule has 0 spiro atoms. The van der Waals surface area contributed by atoms with Gasteiger partial charge in [0.1, 0.15) is 6.04 Å². The van der Waals surface area contributed by atoms with E-state index in [-0.39, 0.29) is 18.0 Å². The van der Waals surface area contributed by atoms with Gasteiger partial charge in [-0.1, -0.05) is 53.4 Å². The number of carboxylic acid groups (broad SMARTS) is 1. The van der Waals surface area contributed by atoms with Crippen LogP contribution in [0.4, 0.5) is 4.79 Å². The summed E-state index contributed by atoms with van der Waals surface area (Å²) in [5.74, 6) is -1.06. The molecule has 0 aliphatic carbocycles. The highest BCUT2D eigenvalue weighted by atomic mass is 16.4. The Morgan fingerprint density at radius 3 is 2.15 bits per heavy atom. The zero-order valence-electron chi connectivity index (χ0n) is 13.2. The van der Waals surface area contributed by atoms with Crippen molar-refractivity contribution in [2.45, 2.75) is 78.3 Å². The van der Waals surface area contributed by atoms with Crippen LogP contribution < -0.4 is 10.6 Å². The van der Waals surface area contributed by atoms with E-state index in [4.69, 9.17) is 5.11 Å². The van der Waals surface area contributed by atoms with E-state index in [1.165, 1.54) is 0 Å². The van der Waals surface area contributed by atoms with E-state index >= 15 is 0 Å². The normalized spacial score (nSPS) is 15.2. The number of unbranched alkanes of at least 4 members (excludes halogenated alkanes) is 1. The summed E-state index contributed by atoms with van der Waals surface area (Å²) >= 11 is 0. The third-order valence-electron chi connectivity index (χ3n) is 3.64. The SMILES string of the molecule is CCCCC(CCC)NC(=O)N[C@H](C(=O)O)[C@@H](C)CC. The highest BCUT2D eigenvalue weighted by Crippen LogP contribution is 2.09. The molecule has 0 aliphatic rings. The van der Waals surface area contributed by atoms with Crippen LogP contribution in [0.3, 0.4) is 0 Å². The second-order valence-corrected chi connectivity index (χ2v) is 5.45. The number of rotatable bonds is 10. The quantitative estimate of drug-likeness (QED) is 0.577. The zero-order valence-corrected chi connectivity index (χ0v) is 13.2. The fourth-order valence-electron chi connectivity index (χ4n) is 2.14. The van der Waals surface area contributed by atoms with Gasteiger partial charge in [-0.3, -0.25) is 0 Å². The van der Waals surface area contributed by atoms with Crippen LogP contribution in [0, 0.1) is 5.92 Å². The summed E-state index contributed by atoms with van der Waals surface area (Å²) in [6.07, 6.45) is 5.74. The minimum absolute atomic E-state index is 0.0847. The predicted molar refractivity (Wildman–Crippen MR) is 80.8 cm³/mol.